The highest BCUT2D eigenvalue weighted by molar-refractivity contribution is 7.13. The first kappa shape index (κ1) is 18.1. The first-order valence-corrected chi connectivity index (χ1v) is 9.63. The first-order chi connectivity index (χ1) is 11.7. The number of aromatic nitrogens is 2. The van der Waals surface area contributed by atoms with E-state index in [9.17, 15) is 9.90 Å². The highest BCUT2D eigenvalue weighted by Gasteiger charge is 2.37. The van der Waals surface area contributed by atoms with Crippen LogP contribution in [0.5, 0.6) is 0 Å². The minimum Gasteiger partial charge on any atom is -0.481 e. The molecule has 3 heterocycles. The van der Waals surface area contributed by atoms with E-state index in [4.69, 9.17) is 0 Å². The molecule has 0 spiro atoms. The zero-order valence-electron chi connectivity index (χ0n) is 15.4. The Hall–Kier alpha value is -1.66. The van der Waals surface area contributed by atoms with Crippen LogP contribution in [0.1, 0.15) is 32.8 Å². The second kappa shape index (κ2) is 6.92. The van der Waals surface area contributed by atoms with Gasteiger partial charge in [-0.15, -0.1) is 11.3 Å². The van der Waals surface area contributed by atoms with Gasteiger partial charge in [-0.1, -0.05) is 20.8 Å². The van der Waals surface area contributed by atoms with Crippen LogP contribution >= 0.6 is 11.3 Å². The minimum absolute atomic E-state index is 0.126. The van der Waals surface area contributed by atoms with Gasteiger partial charge in [0, 0.05) is 32.9 Å². The zero-order valence-corrected chi connectivity index (χ0v) is 16.2. The zero-order chi connectivity index (χ0) is 18.2. The van der Waals surface area contributed by atoms with Gasteiger partial charge in [0.25, 0.3) is 0 Å². The summed E-state index contributed by atoms with van der Waals surface area (Å²) in [7, 11) is 1.95. The standard InChI is InChI=1S/C19H27N3O2S/c1-19(2,3)15-8-14(18(23)24)10-22(11-15)9-13-7-17(25-12-13)16-5-6-20-21(16)4/h5-7,12,14-15H,8-11H2,1-4H3,(H,23,24). The normalized spacial score (nSPS) is 22.2. The maximum absolute atomic E-state index is 11.6. The Balaban J connectivity index is 1.74. The van der Waals surface area contributed by atoms with Gasteiger partial charge in [-0.05, 0) is 40.8 Å². The number of aliphatic carboxylic acids is 1. The fraction of sp³-hybridized carbons (Fsp3) is 0.579. The maximum atomic E-state index is 11.6. The first-order valence-electron chi connectivity index (χ1n) is 8.75. The topological polar surface area (TPSA) is 58.4 Å². The number of rotatable bonds is 4. The molecule has 0 aromatic carbocycles. The molecule has 136 valence electrons. The number of carbonyl (C=O) groups is 1. The SMILES string of the molecule is Cn1nccc1-c1cc(CN2CC(C(=O)O)CC(C(C)(C)C)C2)cs1. The maximum Gasteiger partial charge on any atom is 0.307 e. The van der Waals surface area contributed by atoms with Gasteiger partial charge in [0.15, 0.2) is 0 Å². The number of nitrogens with zero attached hydrogens (tertiary/aromatic N) is 3. The van der Waals surface area contributed by atoms with E-state index in [0.29, 0.717) is 12.5 Å². The Labute approximate surface area is 153 Å². The van der Waals surface area contributed by atoms with Gasteiger partial charge < -0.3 is 5.11 Å². The van der Waals surface area contributed by atoms with E-state index in [1.807, 2.05) is 24.0 Å². The molecule has 2 aromatic rings. The molecule has 0 radical (unpaired) electrons. The molecule has 6 heteroatoms. The van der Waals surface area contributed by atoms with E-state index in [1.165, 1.54) is 10.4 Å². The third-order valence-corrected chi connectivity index (χ3v) is 6.24. The van der Waals surface area contributed by atoms with Gasteiger partial charge in [0.2, 0.25) is 0 Å². The van der Waals surface area contributed by atoms with Gasteiger partial charge in [-0.2, -0.15) is 5.10 Å². The molecule has 2 atom stereocenters. The summed E-state index contributed by atoms with van der Waals surface area (Å²) in [5.74, 6) is -0.537. The molecular weight excluding hydrogens is 334 g/mol. The number of aryl methyl sites for hydroxylation is 1. The molecular formula is C19H27N3O2S. The summed E-state index contributed by atoms with van der Waals surface area (Å²) in [5, 5.41) is 15.9. The number of thiophene rings is 1. The van der Waals surface area contributed by atoms with Gasteiger partial charge in [0.1, 0.15) is 0 Å². The Morgan fingerprint density at radius 3 is 2.76 bits per heavy atom. The summed E-state index contributed by atoms with van der Waals surface area (Å²) in [6.07, 6.45) is 2.59. The van der Waals surface area contributed by atoms with Crippen molar-refractivity contribution in [3.05, 3.63) is 29.3 Å². The lowest BCUT2D eigenvalue weighted by molar-refractivity contribution is -0.145. The quantitative estimate of drug-likeness (QED) is 0.902. The molecule has 0 saturated carbocycles. The molecule has 1 fully saturated rings. The Morgan fingerprint density at radius 2 is 2.16 bits per heavy atom. The van der Waals surface area contributed by atoms with Crippen LogP contribution in [0.3, 0.4) is 0 Å². The van der Waals surface area contributed by atoms with Crippen LogP contribution in [0, 0.1) is 17.3 Å². The van der Waals surface area contributed by atoms with Gasteiger partial charge in [-0.3, -0.25) is 14.4 Å². The molecule has 2 aromatic heterocycles. The van der Waals surface area contributed by atoms with Gasteiger partial charge >= 0.3 is 5.97 Å². The summed E-state index contributed by atoms with van der Waals surface area (Å²) in [4.78, 5) is 15.1. The van der Waals surface area contributed by atoms with Crippen LogP contribution in [-0.2, 0) is 18.4 Å². The lowest BCUT2D eigenvalue weighted by Crippen LogP contribution is -2.46. The third-order valence-electron chi connectivity index (χ3n) is 5.23. The van der Waals surface area contributed by atoms with E-state index in [1.54, 1.807) is 11.3 Å². The summed E-state index contributed by atoms with van der Waals surface area (Å²) < 4.78 is 1.88. The lowest BCUT2D eigenvalue weighted by Gasteiger charge is -2.42. The van der Waals surface area contributed by atoms with Crippen molar-refractivity contribution in [3.63, 3.8) is 0 Å². The predicted molar refractivity (Wildman–Crippen MR) is 100 cm³/mol. The van der Waals surface area contributed by atoms with E-state index in [0.717, 1.165) is 25.2 Å². The van der Waals surface area contributed by atoms with Crippen molar-refractivity contribution in [2.24, 2.45) is 24.3 Å². The van der Waals surface area contributed by atoms with Crippen molar-refractivity contribution < 1.29 is 9.90 Å². The summed E-state index contributed by atoms with van der Waals surface area (Å²) in [6, 6.07) is 4.23. The smallest absolute Gasteiger partial charge is 0.307 e. The molecule has 0 bridgehead atoms. The van der Waals surface area contributed by atoms with E-state index >= 15 is 0 Å². The molecule has 1 saturated heterocycles. The molecule has 1 aliphatic heterocycles. The largest absolute Gasteiger partial charge is 0.481 e. The van der Waals surface area contributed by atoms with Gasteiger partial charge in [0.05, 0.1) is 16.5 Å². The predicted octanol–water partition coefficient (Wildman–Crippen LogP) is 3.72. The molecule has 3 rings (SSSR count). The number of carboxylic acids is 1. The Morgan fingerprint density at radius 1 is 1.40 bits per heavy atom. The Kier molecular flexibility index (Phi) is 5.02. The number of hydrogen-bond donors (Lipinski definition) is 1. The lowest BCUT2D eigenvalue weighted by atomic mass is 9.73. The van der Waals surface area contributed by atoms with Crippen LogP contribution in [0.4, 0.5) is 0 Å². The minimum atomic E-state index is -0.667. The van der Waals surface area contributed by atoms with E-state index in [2.05, 4.69) is 42.2 Å². The highest BCUT2D eigenvalue weighted by Crippen LogP contribution is 2.36. The van der Waals surface area contributed by atoms with E-state index < -0.39 is 5.97 Å². The highest BCUT2D eigenvalue weighted by atomic mass is 32.1. The van der Waals surface area contributed by atoms with Crippen molar-refractivity contribution in [1.82, 2.24) is 14.7 Å². The average molecular weight is 362 g/mol. The molecule has 1 N–H and O–H groups in total. The van der Waals surface area contributed by atoms with Crippen LogP contribution in [0.25, 0.3) is 10.6 Å². The molecule has 2 unspecified atom stereocenters. The fourth-order valence-corrected chi connectivity index (χ4v) is 4.55. The van der Waals surface area contributed by atoms with Crippen LogP contribution in [0.15, 0.2) is 23.7 Å². The van der Waals surface area contributed by atoms with Crippen molar-refractivity contribution in [2.75, 3.05) is 13.1 Å². The molecule has 0 aliphatic carbocycles. The molecule has 1 aliphatic rings. The number of carboxylic acid groups (broad SMARTS) is 1. The second-order valence-electron chi connectivity index (χ2n) is 8.19. The number of hydrogen-bond acceptors (Lipinski definition) is 4. The molecule has 5 nitrogen and oxygen atoms in total. The van der Waals surface area contributed by atoms with Crippen LogP contribution in [0.2, 0.25) is 0 Å². The summed E-state index contributed by atoms with van der Waals surface area (Å²) in [6.45, 7) is 9.05. The number of likely N-dealkylation sites (tertiary alicyclic amines) is 1. The third kappa shape index (κ3) is 4.12. The molecule has 25 heavy (non-hydrogen) atoms. The summed E-state index contributed by atoms with van der Waals surface area (Å²) >= 11 is 1.72. The van der Waals surface area contributed by atoms with Crippen molar-refractivity contribution in [2.45, 2.75) is 33.7 Å². The average Bonchev–Trinajstić information content (AvgIpc) is 3.14. The second-order valence-corrected chi connectivity index (χ2v) is 9.10. The number of piperidine rings is 1. The van der Waals surface area contributed by atoms with Crippen LogP contribution < -0.4 is 0 Å². The van der Waals surface area contributed by atoms with Gasteiger partial charge in [-0.25, -0.2) is 0 Å². The summed E-state index contributed by atoms with van der Waals surface area (Å²) in [5.41, 5.74) is 2.49. The van der Waals surface area contributed by atoms with Crippen LogP contribution in [-0.4, -0.2) is 38.8 Å². The van der Waals surface area contributed by atoms with Crippen molar-refractivity contribution in [3.8, 4) is 10.6 Å². The van der Waals surface area contributed by atoms with E-state index in [-0.39, 0.29) is 11.3 Å². The Bertz CT molecular complexity index is 744. The monoisotopic (exact) mass is 361 g/mol. The van der Waals surface area contributed by atoms with Crippen molar-refractivity contribution in [1.29, 1.82) is 0 Å². The molecule has 0 amide bonds. The fourth-order valence-electron chi connectivity index (χ4n) is 3.59. The van der Waals surface area contributed by atoms with Crippen molar-refractivity contribution >= 4 is 17.3 Å².